The monoisotopic (exact) mass is 436 g/mol. The predicted molar refractivity (Wildman–Crippen MR) is 101 cm³/mol. The molecule has 3 rings (SSSR count). The first kappa shape index (κ1) is 21.7. The molecule has 1 aromatic carbocycles. The molecule has 0 fully saturated rings. The fourth-order valence-electron chi connectivity index (χ4n) is 2.68. The van der Waals surface area contributed by atoms with Crippen molar-refractivity contribution in [2.24, 2.45) is 7.05 Å². The average molecular weight is 436 g/mol. The Morgan fingerprint density at radius 2 is 1.87 bits per heavy atom. The Hall–Kier alpha value is -3.96. The number of aromatic nitrogens is 3. The lowest BCUT2D eigenvalue weighted by molar-refractivity contribution is -0.139. The Morgan fingerprint density at radius 1 is 1.10 bits per heavy atom. The molecule has 3 aromatic rings. The number of aryl methyl sites for hydroxylation is 1. The second-order valence-electron chi connectivity index (χ2n) is 6.36. The van der Waals surface area contributed by atoms with Crippen LogP contribution in [0.5, 0.6) is 0 Å². The van der Waals surface area contributed by atoms with Crippen LogP contribution in [0.4, 0.5) is 22.4 Å². The second-order valence-corrected chi connectivity index (χ2v) is 6.36. The number of hydrazine groups is 1. The lowest BCUT2D eigenvalue weighted by Gasteiger charge is -2.14. The Kier molecular flexibility index (Phi) is 6.18. The van der Waals surface area contributed by atoms with Crippen molar-refractivity contribution in [3.05, 3.63) is 71.6 Å². The van der Waals surface area contributed by atoms with Crippen LogP contribution in [-0.4, -0.2) is 26.7 Å². The molecular weight excluding hydrogens is 420 g/mol. The fourth-order valence-corrected chi connectivity index (χ4v) is 2.68. The summed E-state index contributed by atoms with van der Waals surface area (Å²) in [6.07, 6.45) is -0.922. The fraction of sp³-hybridized carbons (Fsp3) is 0.158. The summed E-state index contributed by atoms with van der Waals surface area (Å²) >= 11 is 0. The number of carbonyl (C=O) groups is 2. The molecular formula is C19H16F4N6O2. The van der Waals surface area contributed by atoms with Crippen molar-refractivity contribution in [2.45, 2.75) is 12.7 Å². The van der Waals surface area contributed by atoms with E-state index in [0.29, 0.717) is 5.69 Å². The first-order chi connectivity index (χ1) is 14.6. The number of halogens is 4. The molecule has 2 aromatic heterocycles. The van der Waals surface area contributed by atoms with Crippen molar-refractivity contribution in [3.63, 3.8) is 0 Å². The topological polar surface area (TPSA) is 101 Å². The molecule has 0 atom stereocenters. The highest BCUT2D eigenvalue weighted by Gasteiger charge is 2.37. The number of hydrogen-bond acceptors (Lipinski definition) is 4. The zero-order valence-corrected chi connectivity index (χ0v) is 16.0. The van der Waals surface area contributed by atoms with E-state index in [0.717, 1.165) is 18.3 Å². The van der Waals surface area contributed by atoms with E-state index >= 15 is 0 Å². The number of rotatable bonds is 4. The maximum Gasteiger partial charge on any atom is 0.419 e. The van der Waals surface area contributed by atoms with Crippen molar-refractivity contribution >= 4 is 11.9 Å². The van der Waals surface area contributed by atoms with E-state index in [1.165, 1.54) is 35.3 Å². The van der Waals surface area contributed by atoms with Crippen LogP contribution >= 0.6 is 0 Å². The molecule has 0 saturated heterocycles. The Balaban J connectivity index is 1.59. The zero-order chi connectivity index (χ0) is 22.6. The SMILES string of the molecule is Cn1cc(C(=O)NNC(=O)NCc2ccc(-c3cccc(F)c3C(F)(F)F)cn2)cn1. The van der Waals surface area contributed by atoms with Crippen LogP contribution in [0.25, 0.3) is 11.1 Å². The van der Waals surface area contributed by atoms with E-state index < -0.39 is 29.5 Å². The van der Waals surface area contributed by atoms with Crippen LogP contribution in [0.15, 0.2) is 48.9 Å². The van der Waals surface area contributed by atoms with E-state index in [1.807, 2.05) is 0 Å². The largest absolute Gasteiger partial charge is 0.419 e. The minimum Gasteiger partial charge on any atom is -0.331 e. The number of pyridine rings is 1. The van der Waals surface area contributed by atoms with Gasteiger partial charge in [-0.2, -0.15) is 18.3 Å². The molecule has 0 aliphatic carbocycles. The molecule has 0 spiro atoms. The van der Waals surface area contributed by atoms with Crippen LogP contribution in [0, 0.1) is 5.82 Å². The summed E-state index contributed by atoms with van der Waals surface area (Å²) in [6, 6.07) is 5.08. The summed E-state index contributed by atoms with van der Waals surface area (Å²) < 4.78 is 54.7. The number of urea groups is 1. The van der Waals surface area contributed by atoms with Gasteiger partial charge in [-0.25, -0.2) is 14.6 Å². The average Bonchev–Trinajstić information content (AvgIpc) is 3.16. The molecule has 0 bridgehead atoms. The quantitative estimate of drug-likeness (QED) is 0.433. The van der Waals surface area contributed by atoms with Crippen LogP contribution in [0.3, 0.4) is 0 Å². The number of nitrogens with zero attached hydrogens (tertiary/aromatic N) is 3. The summed E-state index contributed by atoms with van der Waals surface area (Å²) in [5.74, 6) is -1.94. The first-order valence-electron chi connectivity index (χ1n) is 8.79. The Morgan fingerprint density at radius 3 is 2.48 bits per heavy atom. The van der Waals surface area contributed by atoms with E-state index in [4.69, 9.17) is 0 Å². The predicted octanol–water partition coefficient (Wildman–Crippen LogP) is 2.78. The number of benzene rings is 1. The zero-order valence-electron chi connectivity index (χ0n) is 16.0. The highest BCUT2D eigenvalue weighted by Crippen LogP contribution is 2.38. The Labute approximate surface area is 173 Å². The minimum atomic E-state index is -4.86. The highest BCUT2D eigenvalue weighted by atomic mass is 19.4. The van der Waals surface area contributed by atoms with Crippen molar-refractivity contribution in [1.82, 2.24) is 30.9 Å². The molecule has 0 aliphatic rings. The van der Waals surface area contributed by atoms with Crippen molar-refractivity contribution < 1.29 is 27.2 Å². The third kappa shape index (κ3) is 5.35. The van der Waals surface area contributed by atoms with Crippen molar-refractivity contribution in [3.8, 4) is 11.1 Å². The molecule has 0 unspecified atom stereocenters. The maximum atomic E-state index is 13.7. The van der Waals surface area contributed by atoms with E-state index in [9.17, 15) is 27.2 Å². The standard InChI is InChI=1S/C19H16F4N6O2/c1-29-10-12(8-26-29)17(30)27-28-18(31)25-9-13-6-5-11(7-24-13)14-3-2-4-15(20)16(14)19(21,22)23/h2-8,10H,9H2,1H3,(H,27,30)(H2,25,28,31). The molecule has 3 amide bonds. The van der Waals surface area contributed by atoms with Crippen LogP contribution in [0.1, 0.15) is 21.6 Å². The summed E-state index contributed by atoms with van der Waals surface area (Å²) in [5.41, 5.74) is 3.28. The second kappa shape index (κ2) is 8.81. The molecule has 0 radical (unpaired) electrons. The van der Waals surface area contributed by atoms with E-state index in [2.05, 4.69) is 26.3 Å². The van der Waals surface area contributed by atoms with Gasteiger partial charge < -0.3 is 5.32 Å². The number of hydrogen-bond donors (Lipinski definition) is 3. The highest BCUT2D eigenvalue weighted by molar-refractivity contribution is 5.94. The lowest BCUT2D eigenvalue weighted by atomic mass is 10.00. The third-order valence-corrected chi connectivity index (χ3v) is 4.12. The van der Waals surface area contributed by atoms with Gasteiger partial charge in [0, 0.05) is 25.0 Å². The molecule has 0 aliphatic heterocycles. The Bertz CT molecular complexity index is 1100. The molecule has 0 saturated carbocycles. The lowest BCUT2D eigenvalue weighted by Crippen LogP contribution is -2.46. The van der Waals surface area contributed by atoms with Crippen LogP contribution < -0.4 is 16.2 Å². The molecule has 12 heteroatoms. The van der Waals surface area contributed by atoms with Gasteiger partial charge in [-0.15, -0.1) is 0 Å². The summed E-state index contributed by atoms with van der Waals surface area (Å²) in [4.78, 5) is 27.6. The van der Waals surface area contributed by atoms with Gasteiger partial charge in [0.2, 0.25) is 0 Å². The summed E-state index contributed by atoms with van der Waals surface area (Å²) in [5, 5.41) is 6.26. The maximum absolute atomic E-state index is 13.7. The molecule has 3 N–H and O–H groups in total. The molecule has 2 heterocycles. The van der Waals surface area contributed by atoms with Gasteiger partial charge in [0.15, 0.2) is 0 Å². The number of amides is 3. The van der Waals surface area contributed by atoms with Crippen molar-refractivity contribution in [2.75, 3.05) is 0 Å². The van der Waals surface area contributed by atoms with Gasteiger partial charge in [-0.05, 0) is 17.7 Å². The summed E-state index contributed by atoms with van der Waals surface area (Å²) in [7, 11) is 1.63. The van der Waals surface area contributed by atoms with Crippen molar-refractivity contribution in [1.29, 1.82) is 0 Å². The minimum absolute atomic E-state index is 0.0653. The van der Waals surface area contributed by atoms with Gasteiger partial charge in [0.05, 0.1) is 29.6 Å². The van der Waals surface area contributed by atoms with Gasteiger partial charge in [-0.1, -0.05) is 18.2 Å². The molecule has 8 nitrogen and oxygen atoms in total. The van der Waals surface area contributed by atoms with Gasteiger partial charge in [0.25, 0.3) is 5.91 Å². The van der Waals surface area contributed by atoms with Gasteiger partial charge in [0.1, 0.15) is 5.82 Å². The number of nitrogens with one attached hydrogen (secondary N) is 3. The van der Waals surface area contributed by atoms with Crippen LogP contribution in [-0.2, 0) is 19.8 Å². The smallest absolute Gasteiger partial charge is 0.331 e. The normalized spacial score (nSPS) is 11.1. The molecule has 162 valence electrons. The summed E-state index contributed by atoms with van der Waals surface area (Å²) in [6.45, 7) is -0.0653. The number of carbonyl (C=O) groups excluding carboxylic acids is 2. The van der Waals surface area contributed by atoms with E-state index in [-0.39, 0.29) is 23.2 Å². The van der Waals surface area contributed by atoms with Crippen LogP contribution in [0.2, 0.25) is 0 Å². The molecule has 31 heavy (non-hydrogen) atoms. The number of alkyl halides is 3. The first-order valence-corrected chi connectivity index (χ1v) is 8.79. The van der Waals surface area contributed by atoms with Gasteiger partial charge in [-0.3, -0.25) is 19.9 Å². The van der Waals surface area contributed by atoms with Gasteiger partial charge >= 0.3 is 12.2 Å². The van der Waals surface area contributed by atoms with E-state index in [1.54, 1.807) is 7.05 Å². The third-order valence-electron chi connectivity index (χ3n) is 4.12.